The van der Waals surface area contributed by atoms with Gasteiger partial charge in [0.2, 0.25) is 10.0 Å². The number of nitrogens with zero attached hydrogens (tertiary/aromatic N) is 1. The minimum Gasteiger partial charge on any atom is -0.399 e. The van der Waals surface area contributed by atoms with Crippen LogP contribution in [0.2, 0.25) is 0 Å². The standard InChI is InChI=1S/C15H17BrN2O2S/c1-11-4-3-5-12(8-11)10-18(2)21(19,20)15-9-13(17)6-7-14(15)16/h3-9H,10,17H2,1-2H3. The van der Waals surface area contributed by atoms with Crippen molar-refractivity contribution >= 4 is 31.6 Å². The van der Waals surface area contributed by atoms with E-state index in [2.05, 4.69) is 15.9 Å². The molecule has 2 rings (SSSR count). The number of rotatable bonds is 4. The van der Waals surface area contributed by atoms with E-state index >= 15 is 0 Å². The number of aryl methyl sites for hydroxylation is 1. The van der Waals surface area contributed by atoms with E-state index in [-0.39, 0.29) is 4.90 Å². The van der Waals surface area contributed by atoms with Gasteiger partial charge in [0.05, 0.1) is 4.90 Å². The second-order valence-electron chi connectivity index (χ2n) is 4.94. The first-order valence-corrected chi connectivity index (χ1v) is 8.61. The third-order valence-corrected chi connectivity index (χ3v) is 5.93. The molecule has 0 atom stereocenters. The molecule has 0 saturated heterocycles. The van der Waals surface area contributed by atoms with E-state index in [9.17, 15) is 8.42 Å². The van der Waals surface area contributed by atoms with Crippen molar-refractivity contribution in [1.82, 2.24) is 4.31 Å². The average Bonchev–Trinajstić information content (AvgIpc) is 2.41. The molecule has 2 aromatic rings. The number of halogens is 1. The fourth-order valence-corrected chi connectivity index (χ4v) is 4.15. The first-order valence-electron chi connectivity index (χ1n) is 6.37. The van der Waals surface area contributed by atoms with Crippen LogP contribution in [0.3, 0.4) is 0 Å². The van der Waals surface area contributed by atoms with Crippen molar-refractivity contribution in [2.45, 2.75) is 18.4 Å². The average molecular weight is 369 g/mol. The number of nitrogens with two attached hydrogens (primary N) is 1. The molecule has 4 nitrogen and oxygen atoms in total. The Labute approximate surface area is 133 Å². The Morgan fingerprint density at radius 1 is 1.19 bits per heavy atom. The van der Waals surface area contributed by atoms with Gasteiger partial charge < -0.3 is 5.73 Å². The summed E-state index contributed by atoms with van der Waals surface area (Å²) in [6, 6.07) is 12.5. The van der Waals surface area contributed by atoms with Gasteiger partial charge in [-0.1, -0.05) is 29.8 Å². The lowest BCUT2D eigenvalue weighted by molar-refractivity contribution is 0.466. The lowest BCUT2D eigenvalue weighted by Crippen LogP contribution is -2.27. The fourth-order valence-electron chi connectivity index (χ4n) is 2.04. The zero-order chi connectivity index (χ0) is 15.6. The SMILES string of the molecule is Cc1cccc(CN(C)S(=O)(=O)c2cc(N)ccc2Br)c1. The molecule has 0 fully saturated rings. The molecule has 0 aromatic heterocycles. The highest BCUT2D eigenvalue weighted by molar-refractivity contribution is 9.10. The van der Waals surface area contributed by atoms with Crippen molar-refractivity contribution in [3.63, 3.8) is 0 Å². The quantitative estimate of drug-likeness (QED) is 0.842. The summed E-state index contributed by atoms with van der Waals surface area (Å²) in [6.07, 6.45) is 0. The highest BCUT2D eigenvalue weighted by Crippen LogP contribution is 2.27. The van der Waals surface area contributed by atoms with Crippen LogP contribution in [0.15, 0.2) is 51.8 Å². The largest absolute Gasteiger partial charge is 0.399 e. The second-order valence-corrected chi connectivity index (χ2v) is 7.81. The zero-order valence-electron chi connectivity index (χ0n) is 11.9. The van der Waals surface area contributed by atoms with Crippen LogP contribution in [0.4, 0.5) is 5.69 Å². The van der Waals surface area contributed by atoms with Gasteiger partial charge in [-0.3, -0.25) is 0 Å². The lowest BCUT2D eigenvalue weighted by Gasteiger charge is -2.18. The molecule has 0 radical (unpaired) electrons. The van der Waals surface area contributed by atoms with Gasteiger partial charge in [-0.25, -0.2) is 8.42 Å². The summed E-state index contributed by atoms with van der Waals surface area (Å²) in [7, 11) is -2.03. The molecule has 0 bridgehead atoms. The predicted molar refractivity (Wildman–Crippen MR) is 88.4 cm³/mol. The zero-order valence-corrected chi connectivity index (χ0v) is 14.3. The molecule has 6 heteroatoms. The molecule has 0 aliphatic carbocycles. The Hall–Kier alpha value is -1.37. The normalized spacial score (nSPS) is 11.8. The van der Waals surface area contributed by atoms with E-state index in [1.54, 1.807) is 19.2 Å². The summed E-state index contributed by atoms with van der Waals surface area (Å²) in [5.41, 5.74) is 8.16. The minimum absolute atomic E-state index is 0.178. The molecular weight excluding hydrogens is 352 g/mol. The van der Waals surface area contributed by atoms with Gasteiger partial charge in [0.15, 0.2) is 0 Å². The van der Waals surface area contributed by atoms with Crippen molar-refractivity contribution in [3.05, 3.63) is 58.1 Å². The van der Waals surface area contributed by atoms with E-state index in [1.807, 2.05) is 31.2 Å². The van der Waals surface area contributed by atoms with Gasteiger partial charge in [-0.2, -0.15) is 4.31 Å². The van der Waals surface area contributed by atoms with Crippen LogP contribution in [0, 0.1) is 6.92 Å². The van der Waals surface area contributed by atoms with Crippen molar-refractivity contribution in [1.29, 1.82) is 0 Å². The summed E-state index contributed by atoms with van der Waals surface area (Å²) < 4.78 is 27.1. The topological polar surface area (TPSA) is 63.4 Å². The molecule has 21 heavy (non-hydrogen) atoms. The first-order chi connectivity index (χ1) is 9.80. The Morgan fingerprint density at radius 3 is 2.57 bits per heavy atom. The molecule has 112 valence electrons. The Bertz CT molecular complexity index is 760. The van der Waals surface area contributed by atoms with Crippen LogP contribution in [0.1, 0.15) is 11.1 Å². The molecule has 2 N–H and O–H groups in total. The maximum atomic E-state index is 12.6. The summed E-state index contributed by atoms with van der Waals surface area (Å²) in [4.78, 5) is 0.178. The number of hydrogen-bond donors (Lipinski definition) is 1. The molecular formula is C15H17BrN2O2S. The van der Waals surface area contributed by atoms with E-state index in [0.29, 0.717) is 16.7 Å². The monoisotopic (exact) mass is 368 g/mol. The van der Waals surface area contributed by atoms with Gasteiger partial charge >= 0.3 is 0 Å². The van der Waals surface area contributed by atoms with E-state index in [1.165, 1.54) is 10.4 Å². The van der Waals surface area contributed by atoms with Gasteiger partial charge in [-0.15, -0.1) is 0 Å². The van der Waals surface area contributed by atoms with E-state index < -0.39 is 10.0 Å². The molecule has 0 spiro atoms. The van der Waals surface area contributed by atoms with Gasteiger partial charge in [0.1, 0.15) is 0 Å². The van der Waals surface area contributed by atoms with Crippen molar-refractivity contribution in [2.24, 2.45) is 0 Å². The summed E-state index contributed by atoms with van der Waals surface area (Å²) in [6.45, 7) is 2.29. The minimum atomic E-state index is -3.60. The van der Waals surface area contributed by atoms with Gasteiger partial charge in [0.25, 0.3) is 0 Å². The first kappa shape index (κ1) is 16.0. The molecule has 2 aromatic carbocycles. The maximum absolute atomic E-state index is 12.6. The lowest BCUT2D eigenvalue weighted by atomic mass is 10.1. The van der Waals surface area contributed by atoms with Crippen LogP contribution in [-0.2, 0) is 16.6 Å². The van der Waals surface area contributed by atoms with Crippen LogP contribution in [0.25, 0.3) is 0 Å². The number of benzene rings is 2. The molecule has 0 aliphatic heterocycles. The van der Waals surface area contributed by atoms with Crippen molar-refractivity contribution in [3.8, 4) is 0 Å². The highest BCUT2D eigenvalue weighted by atomic mass is 79.9. The Balaban J connectivity index is 2.33. The van der Waals surface area contributed by atoms with Crippen LogP contribution >= 0.6 is 15.9 Å². The van der Waals surface area contributed by atoms with E-state index in [4.69, 9.17) is 5.73 Å². The number of hydrogen-bond acceptors (Lipinski definition) is 3. The predicted octanol–water partition coefficient (Wildman–Crippen LogP) is 3.16. The number of nitrogen functional groups attached to an aromatic ring is 1. The second kappa shape index (κ2) is 6.17. The van der Waals surface area contributed by atoms with Crippen LogP contribution < -0.4 is 5.73 Å². The highest BCUT2D eigenvalue weighted by Gasteiger charge is 2.23. The molecule has 0 heterocycles. The third kappa shape index (κ3) is 3.64. The fraction of sp³-hybridized carbons (Fsp3) is 0.200. The summed E-state index contributed by atoms with van der Waals surface area (Å²) in [5.74, 6) is 0. The van der Waals surface area contributed by atoms with Crippen molar-refractivity contribution < 1.29 is 8.42 Å². The molecule has 0 amide bonds. The molecule has 0 aliphatic rings. The Morgan fingerprint density at radius 2 is 1.90 bits per heavy atom. The smallest absolute Gasteiger partial charge is 0.244 e. The molecule has 0 unspecified atom stereocenters. The van der Waals surface area contributed by atoms with Gasteiger partial charge in [0, 0.05) is 23.8 Å². The number of anilines is 1. The summed E-state index contributed by atoms with van der Waals surface area (Å²) >= 11 is 3.27. The Kier molecular flexibility index (Phi) is 4.70. The van der Waals surface area contributed by atoms with E-state index in [0.717, 1.165) is 11.1 Å². The van der Waals surface area contributed by atoms with Crippen molar-refractivity contribution in [2.75, 3.05) is 12.8 Å². The molecule has 0 saturated carbocycles. The van der Waals surface area contributed by atoms with Gasteiger partial charge in [-0.05, 0) is 46.6 Å². The van der Waals surface area contributed by atoms with Crippen LogP contribution in [-0.4, -0.2) is 19.8 Å². The maximum Gasteiger partial charge on any atom is 0.244 e. The summed E-state index contributed by atoms with van der Waals surface area (Å²) in [5, 5.41) is 0. The van der Waals surface area contributed by atoms with Crippen LogP contribution in [0.5, 0.6) is 0 Å². The number of sulfonamides is 1. The third-order valence-electron chi connectivity index (χ3n) is 3.13.